The molecule has 5 heteroatoms. The number of amides is 1. The topological polar surface area (TPSA) is 67.8 Å². The van der Waals surface area contributed by atoms with Gasteiger partial charge >= 0.3 is 6.09 Å². The van der Waals surface area contributed by atoms with Crippen LogP contribution in [0.4, 0.5) is 10.5 Å². The van der Waals surface area contributed by atoms with Crippen LogP contribution in [-0.4, -0.2) is 24.4 Å². The molecule has 0 bridgehead atoms. The van der Waals surface area contributed by atoms with Crippen LogP contribution in [0.5, 0.6) is 11.5 Å². The highest BCUT2D eigenvalue weighted by Gasteiger charge is 2.23. The summed E-state index contributed by atoms with van der Waals surface area (Å²) in [7, 11) is 0. The van der Waals surface area contributed by atoms with Gasteiger partial charge in [-0.25, -0.2) is 4.79 Å². The van der Waals surface area contributed by atoms with Gasteiger partial charge < -0.3 is 14.6 Å². The lowest BCUT2D eigenvalue weighted by Crippen LogP contribution is -2.19. The Morgan fingerprint density at radius 1 is 0.862 bits per heavy atom. The fourth-order valence-electron chi connectivity index (χ4n) is 2.98. The predicted octanol–water partition coefficient (Wildman–Crippen LogP) is 5.35. The average molecular weight is 391 g/mol. The molecular weight excluding hydrogens is 366 g/mol. The highest BCUT2D eigenvalue weighted by molar-refractivity contribution is 5.84. The summed E-state index contributed by atoms with van der Waals surface area (Å²) in [6, 6.07) is 24.2. The zero-order chi connectivity index (χ0) is 20.7. The van der Waals surface area contributed by atoms with E-state index >= 15 is 0 Å². The van der Waals surface area contributed by atoms with Gasteiger partial charge in [0, 0.05) is 11.1 Å². The molecule has 0 saturated carbocycles. The number of hydrogen-bond donors (Lipinski definition) is 2. The normalized spacial score (nSPS) is 11.0. The Morgan fingerprint density at radius 2 is 1.45 bits per heavy atom. The third-order valence-corrected chi connectivity index (χ3v) is 4.77. The van der Waals surface area contributed by atoms with Gasteiger partial charge in [0.05, 0.1) is 0 Å². The van der Waals surface area contributed by atoms with Gasteiger partial charge in [-0.3, -0.25) is 5.32 Å². The summed E-state index contributed by atoms with van der Waals surface area (Å²) in [5.41, 5.74) is 2.61. The number of benzene rings is 3. The summed E-state index contributed by atoms with van der Waals surface area (Å²) >= 11 is 0. The van der Waals surface area contributed by atoms with Gasteiger partial charge in [-0.1, -0.05) is 56.3 Å². The molecule has 0 aliphatic heterocycles. The molecule has 5 nitrogen and oxygen atoms in total. The Labute approximate surface area is 170 Å². The van der Waals surface area contributed by atoms with Crippen molar-refractivity contribution in [1.29, 1.82) is 0 Å². The number of phenols is 1. The fourth-order valence-corrected chi connectivity index (χ4v) is 2.98. The van der Waals surface area contributed by atoms with Crippen LogP contribution in [0.1, 0.15) is 25.0 Å². The monoisotopic (exact) mass is 391 g/mol. The molecule has 0 heterocycles. The van der Waals surface area contributed by atoms with Crippen molar-refractivity contribution in [3.63, 3.8) is 0 Å². The van der Waals surface area contributed by atoms with Gasteiger partial charge in [-0.2, -0.15) is 0 Å². The van der Waals surface area contributed by atoms with Gasteiger partial charge in [0.15, 0.2) is 0 Å². The first-order valence-corrected chi connectivity index (χ1v) is 9.47. The van der Waals surface area contributed by atoms with E-state index in [1.54, 1.807) is 12.1 Å². The van der Waals surface area contributed by atoms with Crippen molar-refractivity contribution < 1.29 is 19.4 Å². The minimum Gasteiger partial charge on any atom is -0.508 e. The van der Waals surface area contributed by atoms with Crippen molar-refractivity contribution in [2.45, 2.75) is 19.3 Å². The smallest absolute Gasteiger partial charge is 0.411 e. The summed E-state index contributed by atoms with van der Waals surface area (Å²) in [5.74, 6) is 0.986. The Kier molecular flexibility index (Phi) is 6.39. The molecule has 0 radical (unpaired) electrons. The quantitative estimate of drug-likeness (QED) is 0.533. The molecule has 0 aromatic heterocycles. The average Bonchev–Trinajstić information content (AvgIpc) is 2.73. The van der Waals surface area contributed by atoms with Gasteiger partial charge in [-0.15, -0.1) is 0 Å². The number of ether oxygens (including phenoxy) is 2. The van der Waals surface area contributed by atoms with Gasteiger partial charge in [0.1, 0.15) is 24.7 Å². The molecule has 150 valence electrons. The maximum atomic E-state index is 11.9. The maximum absolute atomic E-state index is 11.9. The number of para-hydroxylation sites is 1. The van der Waals surface area contributed by atoms with E-state index < -0.39 is 6.09 Å². The van der Waals surface area contributed by atoms with E-state index in [9.17, 15) is 9.90 Å². The van der Waals surface area contributed by atoms with Crippen LogP contribution >= 0.6 is 0 Å². The molecule has 0 unspecified atom stereocenters. The second kappa shape index (κ2) is 9.15. The van der Waals surface area contributed by atoms with Crippen molar-refractivity contribution in [3.8, 4) is 11.5 Å². The van der Waals surface area contributed by atoms with Gasteiger partial charge in [-0.05, 0) is 47.5 Å². The SMILES string of the molecule is CC(C)(c1ccc(O)cc1)c1ccc(NC(=O)OCCOc2ccccc2)cc1. The first kappa shape index (κ1) is 20.3. The Balaban J connectivity index is 1.50. The standard InChI is InChI=1S/C24H25NO4/c1-24(2,19-10-14-21(26)15-11-19)18-8-12-20(13-9-18)25-23(27)29-17-16-28-22-6-4-3-5-7-22/h3-15,26H,16-17H2,1-2H3,(H,25,27). The van der Waals surface area contributed by atoms with E-state index in [1.165, 1.54) is 0 Å². The van der Waals surface area contributed by atoms with Crippen molar-refractivity contribution >= 4 is 11.8 Å². The Hall–Kier alpha value is -3.47. The van der Waals surface area contributed by atoms with Crippen LogP contribution in [0.15, 0.2) is 78.9 Å². The van der Waals surface area contributed by atoms with Crippen LogP contribution in [0.2, 0.25) is 0 Å². The summed E-state index contributed by atoms with van der Waals surface area (Å²) in [6.45, 7) is 4.68. The molecule has 3 rings (SSSR count). The molecule has 0 fully saturated rings. The van der Waals surface area contributed by atoms with Crippen LogP contribution in [0, 0.1) is 0 Å². The molecule has 0 atom stereocenters. The first-order valence-electron chi connectivity index (χ1n) is 9.47. The molecule has 3 aromatic rings. The molecular formula is C24H25NO4. The Morgan fingerprint density at radius 3 is 2.07 bits per heavy atom. The second-order valence-corrected chi connectivity index (χ2v) is 7.17. The number of rotatable bonds is 7. The van der Waals surface area contributed by atoms with Crippen LogP contribution in [-0.2, 0) is 10.2 Å². The molecule has 0 saturated heterocycles. The zero-order valence-electron chi connectivity index (χ0n) is 16.6. The lowest BCUT2D eigenvalue weighted by atomic mass is 9.78. The number of carbonyl (C=O) groups is 1. The minimum absolute atomic E-state index is 0.159. The van der Waals surface area contributed by atoms with Crippen LogP contribution in [0.25, 0.3) is 0 Å². The number of nitrogens with one attached hydrogen (secondary N) is 1. The van der Waals surface area contributed by atoms with Crippen molar-refractivity contribution in [2.24, 2.45) is 0 Å². The number of carbonyl (C=O) groups excluding carboxylic acids is 1. The van der Waals surface area contributed by atoms with Gasteiger partial charge in [0.25, 0.3) is 0 Å². The predicted molar refractivity (Wildman–Crippen MR) is 114 cm³/mol. The second-order valence-electron chi connectivity index (χ2n) is 7.17. The number of hydrogen-bond acceptors (Lipinski definition) is 4. The number of anilines is 1. The lowest BCUT2D eigenvalue weighted by Gasteiger charge is -2.26. The molecule has 29 heavy (non-hydrogen) atoms. The summed E-state index contributed by atoms with van der Waals surface area (Å²) in [6.07, 6.45) is -0.521. The van der Waals surface area contributed by atoms with E-state index in [0.29, 0.717) is 5.69 Å². The van der Waals surface area contributed by atoms with Crippen LogP contribution in [0.3, 0.4) is 0 Å². The highest BCUT2D eigenvalue weighted by Crippen LogP contribution is 2.32. The molecule has 0 aliphatic carbocycles. The van der Waals surface area contributed by atoms with Crippen LogP contribution < -0.4 is 10.1 Å². The third-order valence-electron chi connectivity index (χ3n) is 4.77. The third kappa shape index (κ3) is 5.51. The van der Waals surface area contributed by atoms with Crippen molar-refractivity contribution in [1.82, 2.24) is 0 Å². The molecule has 2 N–H and O–H groups in total. The highest BCUT2D eigenvalue weighted by atomic mass is 16.6. The summed E-state index contributed by atoms with van der Waals surface area (Å²) in [4.78, 5) is 11.9. The van der Waals surface area contributed by atoms with E-state index in [1.807, 2.05) is 66.7 Å². The molecule has 3 aromatic carbocycles. The van der Waals surface area contributed by atoms with Crippen molar-refractivity contribution in [3.05, 3.63) is 90.0 Å². The van der Waals surface area contributed by atoms with Crippen molar-refractivity contribution in [2.75, 3.05) is 18.5 Å². The largest absolute Gasteiger partial charge is 0.508 e. The number of aromatic hydroxyl groups is 1. The summed E-state index contributed by atoms with van der Waals surface area (Å²) < 4.78 is 10.6. The van der Waals surface area contributed by atoms with Gasteiger partial charge in [0.2, 0.25) is 0 Å². The Bertz CT molecular complexity index is 919. The molecule has 1 amide bonds. The molecule has 0 aliphatic rings. The minimum atomic E-state index is -0.521. The van der Waals surface area contributed by atoms with E-state index in [0.717, 1.165) is 16.9 Å². The molecule has 0 spiro atoms. The summed E-state index contributed by atoms with van der Waals surface area (Å²) in [5, 5.41) is 12.2. The first-order chi connectivity index (χ1) is 13.9. The van der Waals surface area contributed by atoms with E-state index in [4.69, 9.17) is 9.47 Å². The number of phenolic OH excluding ortho intramolecular Hbond substituents is 1. The zero-order valence-corrected chi connectivity index (χ0v) is 16.6. The fraction of sp³-hybridized carbons (Fsp3) is 0.208. The van der Waals surface area contributed by atoms with E-state index in [2.05, 4.69) is 19.2 Å². The lowest BCUT2D eigenvalue weighted by molar-refractivity contribution is 0.138. The van der Waals surface area contributed by atoms with E-state index in [-0.39, 0.29) is 24.4 Å². The maximum Gasteiger partial charge on any atom is 0.411 e.